The number of halogens is 1. The van der Waals surface area contributed by atoms with E-state index >= 15 is 0 Å². The molecule has 0 saturated carbocycles. The van der Waals surface area contributed by atoms with Gasteiger partial charge in [-0.25, -0.2) is 0 Å². The zero-order chi connectivity index (χ0) is 19.6. The molecular formula is C20H30ClN3O3. The molecule has 1 aromatic carbocycles. The molecule has 0 spiro atoms. The molecule has 0 aliphatic carbocycles. The predicted molar refractivity (Wildman–Crippen MR) is 108 cm³/mol. The quantitative estimate of drug-likeness (QED) is 0.361. The average molecular weight is 396 g/mol. The standard InChI is InChI=1S/C20H30ClN3O3/c1-27-19-14-18(22)17(21)13-16(19)20(26)23-15-7-10-24(11-8-15)9-5-3-2-4-6-12-25/h12-15H,2-11,22H2,1H3,(H,23,26). The van der Waals surface area contributed by atoms with E-state index in [-0.39, 0.29) is 11.9 Å². The number of carbonyl (C=O) groups excluding carboxylic acids is 2. The first-order chi connectivity index (χ1) is 13.0. The van der Waals surface area contributed by atoms with Gasteiger partial charge in [0, 0.05) is 31.6 Å². The number of carbonyl (C=O) groups is 2. The summed E-state index contributed by atoms with van der Waals surface area (Å²) in [7, 11) is 1.51. The summed E-state index contributed by atoms with van der Waals surface area (Å²) in [4.78, 5) is 25.3. The van der Waals surface area contributed by atoms with Crippen molar-refractivity contribution in [3.8, 4) is 5.75 Å². The lowest BCUT2D eigenvalue weighted by molar-refractivity contribution is -0.107. The number of rotatable bonds is 10. The molecule has 6 nitrogen and oxygen atoms in total. The number of nitrogens with two attached hydrogens (primary N) is 1. The Kier molecular flexibility index (Phi) is 8.88. The highest BCUT2D eigenvalue weighted by atomic mass is 35.5. The average Bonchev–Trinajstić information content (AvgIpc) is 2.67. The van der Waals surface area contributed by atoms with Gasteiger partial charge in [-0.2, -0.15) is 0 Å². The normalized spacial score (nSPS) is 15.5. The number of unbranched alkanes of at least 4 members (excludes halogenated alkanes) is 4. The van der Waals surface area contributed by atoms with Gasteiger partial charge in [-0.3, -0.25) is 4.79 Å². The SMILES string of the molecule is COc1cc(N)c(Cl)cc1C(=O)NC1CCN(CCCCCCC=O)CC1. The van der Waals surface area contributed by atoms with Gasteiger partial charge in [0.15, 0.2) is 0 Å². The second-order valence-corrected chi connectivity index (χ2v) is 7.44. The highest BCUT2D eigenvalue weighted by Crippen LogP contribution is 2.29. The smallest absolute Gasteiger partial charge is 0.255 e. The summed E-state index contributed by atoms with van der Waals surface area (Å²) >= 11 is 6.05. The minimum Gasteiger partial charge on any atom is -0.496 e. The van der Waals surface area contributed by atoms with Crippen LogP contribution in [0.2, 0.25) is 5.02 Å². The minimum absolute atomic E-state index is 0.155. The number of benzene rings is 1. The third-order valence-electron chi connectivity index (χ3n) is 5.03. The van der Waals surface area contributed by atoms with Gasteiger partial charge in [-0.15, -0.1) is 0 Å². The molecule has 0 atom stereocenters. The zero-order valence-corrected chi connectivity index (χ0v) is 16.8. The van der Waals surface area contributed by atoms with Crippen molar-refractivity contribution in [1.82, 2.24) is 10.2 Å². The Labute approximate surface area is 166 Å². The van der Waals surface area contributed by atoms with E-state index in [4.69, 9.17) is 22.1 Å². The van der Waals surface area contributed by atoms with Gasteiger partial charge in [0.25, 0.3) is 5.91 Å². The first kappa shape index (κ1) is 21.5. The van der Waals surface area contributed by atoms with Crippen LogP contribution in [0.15, 0.2) is 12.1 Å². The van der Waals surface area contributed by atoms with Gasteiger partial charge in [-0.1, -0.05) is 24.4 Å². The van der Waals surface area contributed by atoms with Crippen LogP contribution in [0.5, 0.6) is 5.75 Å². The molecular weight excluding hydrogens is 366 g/mol. The predicted octanol–water partition coefficient (Wildman–Crippen LogP) is 3.27. The number of anilines is 1. The van der Waals surface area contributed by atoms with Crippen molar-refractivity contribution in [3.63, 3.8) is 0 Å². The summed E-state index contributed by atoms with van der Waals surface area (Å²) in [5, 5.41) is 3.44. The van der Waals surface area contributed by atoms with Crippen LogP contribution in [0.25, 0.3) is 0 Å². The van der Waals surface area contributed by atoms with Gasteiger partial charge in [0.2, 0.25) is 0 Å². The molecule has 7 heteroatoms. The van der Waals surface area contributed by atoms with Gasteiger partial charge in [0.05, 0.1) is 23.4 Å². The molecule has 2 rings (SSSR count). The molecule has 1 aromatic rings. The Morgan fingerprint density at radius 1 is 1.30 bits per heavy atom. The van der Waals surface area contributed by atoms with Crippen LogP contribution in [-0.4, -0.2) is 49.9 Å². The fraction of sp³-hybridized carbons (Fsp3) is 0.600. The maximum absolute atomic E-state index is 12.6. The molecule has 1 heterocycles. The van der Waals surface area contributed by atoms with Crippen LogP contribution in [0.4, 0.5) is 5.69 Å². The minimum atomic E-state index is -0.178. The Morgan fingerprint density at radius 2 is 2.00 bits per heavy atom. The van der Waals surface area contributed by atoms with Crippen LogP contribution in [0.3, 0.4) is 0 Å². The van der Waals surface area contributed by atoms with E-state index in [0.29, 0.717) is 28.4 Å². The molecule has 27 heavy (non-hydrogen) atoms. The molecule has 0 unspecified atom stereocenters. The summed E-state index contributed by atoms with van der Waals surface area (Å²) < 4.78 is 5.26. The number of likely N-dealkylation sites (tertiary alicyclic amines) is 1. The number of amides is 1. The van der Waals surface area contributed by atoms with E-state index in [9.17, 15) is 9.59 Å². The number of nitrogen functional groups attached to an aromatic ring is 1. The van der Waals surface area contributed by atoms with E-state index in [1.807, 2.05) is 0 Å². The lowest BCUT2D eigenvalue weighted by Crippen LogP contribution is -2.44. The van der Waals surface area contributed by atoms with E-state index in [1.54, 1.807) is 12.1 Å². The topological polar surface area (TPSA) is 84.7 Å². The monoisotopic (exact) mass is 395 g/mol. The first-order valence-corrected chi connectivity index (χ1v) is 10.0. The van der Waals surface area contributed by atoms with Crippen molar-refractivity contribution in [3.05, 3.63) is 22.7 Å². The van der Waals surface area contributed by atoms with Crippen molar-refractivity contribution in [2.45, 2.75) is 51.0 Å². The zero-order valence-electron chi connectivity index (χ0n) is 16.0. The highest BCUT2D eigenvalue weighted by molar-refractivity contribution is 6.33. The molecule has 0 aromatic heterocycles. The van der Waals surface area contributed by atoms with Crippen LogP contribution in [0, 0.1) is 0 Å². The maximum atomic E-state index is 12.6. The molecule has 1 aliphatic rings. The molecule has 0 radical (unpaired) electrons. The number of piperidine rings is 1. The first-order valence-electron chi connectivity index (χ1n) is 9.65. The van der Waals surface area contributed by atoms with E-state index in [2.05, 4.69) is 10.2 Å². The van der Waals surface area contributed by atoms with Gasteiger partial charge >= 0.3 is 0 Å². The molecule has 3 N–H and O–H groups in total. The van der Waals surface area contributed by atoms with Crippen LogP contribution < -0.4 is 15.8 Å². The van der Waals surface area contributed by atoms with Crippen LogP contribution >= 0.6 is 11.6 Å². The molecule has 150 valence electrons. The molecule has 0 bridgehead atoms. The van der Waals surface area contributed by atoms with E-state index in [1.165, 1.54) is 13.5 Å². The van der Waals surface area contributed by atoms with Crippen LogP contribution in [-0.2, 0) is 4.79 Å². The van der Waals surface area contributed by atoms with Gasteiger partial charge < -0.3 is 25.5 Å². The summed E-state index contributed by atoms with van der Waals surface area (Å²) in [6, 6.07) is 3.29. The summed E-state index contributed by atoms with van der Waals surface area (Å²) in [5.74, 6) is 0.254. The lowest BCUT2D eigenvalue weighted by Gasteiger charge is -2.32. The summed E-state index contributed by atoms with van der Waals surface area (Å²) in [6.45, 7) is 3.06. The molecule has 1 saturated heterocycles. The second-order valence-electron chi connectivity index (χ2n) is 7.03. The number of nitrogens with one attached hydrogen (secondary N) is 1. The fourth-order valence-electron chi connectivity index (χ4n) is 3.40. The van der Waals surface area contributed by atoms with Crippen molar-refractivity contribution in [2.24, 2.45) is 0 Å². The molecule has 1 aliphatic heterocycles. The van der Waals surface area contributed by atoms with Crippen molar-refractivity contribution < 1.29 is 14.3 Å². The molecule has 1 amide bonds. The van der Waals surface area contributed by atoms with Gasteiger partial charge in [0.1, 0.15) is 12.0 Å². The third kappa shape index (κ3) is 6.70. The van der Waals surface area contributed by atoms with Crippen molar-refractivity contribution >= 4 is 29.5 Å². The number of ether oxygens (including phenoxy) is 1. The van der Waals surface area contributed by atoms with Crippen LogP contribution in [0.1, 0.15) is 55.3 Å². The second kappa shape index (κ2) is 11.1. The largest absolute Gasteiger partial charge is 0.496 e. The lowest BCUT2D eigenvalue weighted by atomic mass is 10.0. The third-order valence-corrected chi connectivity index (χ3v) is 5.36. The Balaban J connectivity index is 1.75. The Bertz CT molecular complexity index is 631. The number of aldehydes is 1. The Morgan fingerprint density at radius 3 is 2.67 bits per heavy atom. The number of hydrogen-bond donors (Lipinski definition) is 2. The van der Waals surface area contributed by atoms with Gasteiger partial charge in [-0.05, 0) is 38.3 Å². The summed E-state index contributed by atoms with van der Waals surface area (Å²) in [6.07, 6.45) is 7.98. The Hall–Kier alpha value is -1.79. The van der Waals surface area contributed by atoms with E-state index < -0.39 is 0 Å². The number of methoxy groups -OCH3 is 1. The molecule has 1 fully saturated rings. The number of nitrogens with zero attached hydrogens (tertiary/aromatic N) is 1. The maximum Gasteiger partial charge on any atom is 0.255 e. The van der Waals surface area contributed by atoms with Crippen molar-refractivity contribution in [2.75, 3.05) is 32.5 Å². The van der Waals surface area contributed by atoms with E-state index in [0.717, 1.165) is 58.0 Å². The number of hydrogen-bond acceptors (Lipinski definition) is 5. The highest BCUT2D eigenvalue weighted by Gasteiger charge is 2.22. The van der Waals surface area contributed by atoms with Crippen molar-refractivity contribution in [1.29, 1.82) is 0 Å². The fourth-order valence-corrected chi connectivity index (χ4v) is 3.56. The summed E-state index contributed by atoms with van der Waals surface area (Å²) in [5.41, 5.74) is 6.58.